The highest BCUT2D eigenvalue weighted by atomic mass is 16.2. The van der Waals surface area contributed by atoms with Gasteiger partial charge in [0.2, 0.25) is 17.7 Å². The molecule has 9 heteroatoms. The average Bonchev–Trinajstić information content (AvgIpc) is 2.80. The predicted octanol–water partition coefficient (Wildman–Crippen LogP) is 0.453. The van der Waals surface area contributed by atoms with Crippen molar-refractivity contribution in [1.82, 2.24) is 30.7 Å². The highest BCUT2D eigenvalue weighted by Crippen LogP contribution is 1.95. The van der Waals surface area contributed by atoms with Gasteiger partial charge in [-0.3, -0.25) is 14.4 Å². The maximum Gasteiger partial charge on any atom is 0.243 e. The lowest BCUT2D eigenvalue weighted by Gasteiger charge is -2.20. The van der Waals surface area contributed by atoms with Gasteiger partial charge in [0.25, 0.3) is 0 Å². The first-order valence-corrected chi connectivity index (χ1v) is 11.9. The first-order chi connectivity index (χ1) is 15.8. The monoisotopic (exact) mass is 466 g/mol. The molecule has 0 fully saturated rings. The summed E-state index contributed by atoms with van der Waals surface area (Å²) in [5, 5.41) is 8.53. The SMILES string of the molecule is C=CC(=O)NCCCN(C)CCCN(C)CCCNC(=O)CCN(C)CCCNC(=O)C=C. The summed E-state index contributed by atoms with van der Waals surface area (Å²) in [6, 6.07) is 0. The molecular weight excluding hydrogens is 420 g/mol. The quantitative estimate of drug-likeness (QED) is 0.168. The van der Waals surface area contributed by atoms with Gasteiger partial charge in [0, 0.05) is 32.6 Å². The second-order valence-corrected chi connectivity index (χ2v) is 8.41. The summed E-state index contributed by atoms with van der Waals surface area (Å²) in [6.07, 6.45) is 6.82. The summed E-state index contributed by atoms with van der Waals surface area (Å²) >= 11 is 0. The molecule has 0 aliphatic heterocycles. The van der Waals surface area contributed by atoms with Crippen LogP contribution < -0.4 is 16.0 Å². The second-order valence-electron chi connectivity index (χ2n) is 8.41. The third kappa shape index (κ3) is 20.1. The lowest BCUT2D eigenvalue weighted by atomic mass is 10.3. The lowest BCUT2D eigenvalue weighted by Crippen LogP contribution is -2.33. The molecule has 0 aliphatic carbocycles. The predicted molar refractivity (Wildman–Crippen MR) is 135 cm³/mol. The van der Waals surface area contributed by atoms with E-state index in [1.165, 1.54) is 12.2 Å². The minimum atomic E-state index is -0.155. The fourth-order valence-electron chi connectivity index (χ4n) is 3.17. The van der Waals surface area contributed by atoms with Crippen molar-refractivity contribution < 1.29 is 14.4 Å². The standard InChI is InChI=1S/C24H46N6O3/c1-6-22(31)25-13-8-16-28(3)19-11-20-29(4)17-10-15-27-24(33)12-21-30(5)18-9-14-26-23(32)7-2/h6-7H,1-2,8-21H2,3-5H3,(H,25,31)(H,26,32)(H,27,33). The van der Waals surface area contributed by atoms with Gasteiger partial charge in [-0.05, 0) is 91.7 Å². The van der Waals surface area contributed by atoms with Gasteiger partial charge in [-0.25, -0.2) is 0 Å². The fraction of sp³-hybridized carbons (Fsp3) is 0.708. The number of hydrogen-bond donors (Lipinski definition) is 3. The summed E-state index contributed by atoms with van der Waals surface area (Å²) in [4.78, 5) is 40.8. The van der Waals surface area contributed by atoms with Gasteiger partial charge in [0.1, 0.15) is 0 Å². The van der Waals surface area contributed by atoms with Crippen molar-refractivity contribution in [3.8, 4) is 0 Å². The van der Waals surface area contributed by atoms with Gasteiger partial charge in [-0.1, -0.05) is 13.2 Å². The maximum absolute atomic E-state index is 12.0. The van der Waals surface area contributed by atoms with Crippen molar-refractivity contribution in [3.05, 3.63) is 25.3 Å². The van der Waals surface area contributed by atoms with Crippen LogP contribution in [0.5, 0.6) is 0 Å². The van der Waals surface area contributed by atoms with Crippen LogP contribution in [0.2, 0.25) is 0 Å². The van der Waals surface area contributed by atoms with E-state index < -0.39 is 0 Å². The zero-order chi connectivity index (χ0) is 24.9. The Hall–Kier alpha value is -2.23. The van der Waals surface area contributed by atoms with Crippen molar-refractivity contribution in [1.29, 1.82) is 0 Å². The summed E-state index contributed by atoms with van der Waals surface area (Å²) < 4.78 is 0. The van der Waals surface area contributed by atoms with Crippen molar-refractivity contribution in [3.63, 3.8) is 0 Å². The van der Waals surface area contributed by atoms with Crippen molar-refractivity contribution in [2.45, 2.75) is 32.1 Å². The molecule has 0 rings (SSSR count). The zero-order valence-electron chi connectivity index (χ0n) is 21.0. The third-order valence-corrected chi connectivity index (χ3v) is 5.24. The summed E-state index contributed by atoms with van der Waals surface area (Å²) in [6.45, 7) is 14.3. The molecule has 0 aromatic heterocycles. The lowest BCUT2D eigenvalue weighted by molar-refractivity contribution is -0.121. The average molecular weight is 467 g/mol. The Morgan fingerprint density at radius 2 is 0.970 bits per heavy atom. The third-order valence-electron chi connectivity index (χ3n) is 5.24. The topological polar surface area (TPSA) is 97.0 Å². The van der Waals surface area contributed by atoms with E-state index in [2.05, 4.69) is 57.9 Å². The van der Waals surface area contributed by atoms with E-state index in [-0.39, 0.29) is 17.7 Å². The number of amides is 3. The number of carbonyl (C=O) groups excluding carboxylic acids is 3. The van der Waals surface area contributed by atoms with Crippen LogP contribution in [0.25, 0.3) is 0 Å². The van der Waals surface area contributed by atoms with Gasteiger partial charge >= 0.3 is 0 Å². The molecule has 0 heterocycles. The largest absolute Gasteiger partial charge is 0.356 e. The molecule has 0 radical (unpaired) electrons. The van der Waals surface area contributed by atoms with Crippen LogP contribution in [-0.4, -0.2) is 112 Å². The van der Waals surface area contributed by atoms with Crippen molar-refractivity contribution >= 4 is 17.7 Å². The smallest absolute Gasteiger partial charge is 0.243 e. The van der Waals surface area contributed by atoms with Crippen LogP contribution >= 0.6 is 0 Å². The molecule has 0 spiro atoms. The second kappa shape index (κ2) is 20.4. The highest BCUT2D eigenvalue weighted by Gasteiger charge is 2.06. The molecule has 9 nitrogen and oxygen atoms in total. The number of nitrogens with zero attached hydrogens (tertiary/aromatic N) is 3. The Kier molecular flexibility index (Phi) is 19.0. The van der Waals surface area contributed by atoms with Crippen LogP contribution in [-0.2, 0) is 14.4 Å². The van der Waals surface area contributed by atoms with Gasteiger partial charge in [0.05, 0.1) is 0 Å². The molecule has 3 amide bonds. The highest BCUT2D eigenvalue weighted by molar-refractivity contribution is 5.87. The van der Waals surface area contributed by atoms with Gasteiger partial charge in [0.15, 0.2) is 0 Å². The van der Waals surface area contributed by atoms with Crippen molar-refractivity contribution in [2.75, 3.05) is 80.0 Å². The minimum absolute atomic E-state index is 0.0790. The molecule has 0 aromatic carbocycles. The van der Waals surface area contributed by atoms with E-state index in [0.29, 0.717) is 32.6 Å². The van der Waals surface area contributed by atoms with E-state index in [9.17, 15) is 14.4 Å². The Morgan fingerprint density at radius 1 is 0.606 bits per heavy atom. The fourth-order valence-corrected chi connectivity index (χ4v) is 3.17. The molecule has 190 valence electrons. The molecule has 0 bridgehead atoms. The molecule has 0 atom stereocenters. The Balaban J connectivity index is 3.62. The molecule has 0 aliphatic rings. The van der Waals surface area contributed by atoms with Crippen LogP contribution in [0.1, 0.15) is 32.1 Å². The van der Waals surface area contributed by atoms with Gasteiger partial charge in [-0.2, -0.15) is 0 Å². The molecule has 0 aromatic rings. The van der Waals surface area contributed by atoms with Crippen LogP contribution in [0.15, 0.2) is 25.3 Å². The van der Waals surface area contributed by atoms with Gasteiger partial charge in [-0.15, -0.1) is 0 Å². The normalized spacial score (nSPS) is 11.0. The van der Waals surface area contributed by atoms with Crippen LogP contribution in [0.3, 0.4) is 0 Å². The van der Waals surface area contributed by atoms with E-state index in [0.717, 1.165) is 58.4 Å². The Morgan fingerprint density at radius 3 is 1.39 bits per heavy atom. The molecule has 0 saturated carbocycles. The number of hydrogen-bond acceptors (Lipinski definition) is 6. The van der Waals surface area contributed by atoms with Crippen LogP contribution in [0.4, 0.5) is 0 Å². The molecule has 0 saturated heterocycles. The van der Waals surface area contributed by atoms with E-state index in [4.69, 9.17) is 0 Å². The first-order valence-electron chi connectivity index (χ1n) is 11.9. The first kappa shape index (κ1) is 30.8. The summed E-state index contributed by atoms with van der Waals surface area (Å²) in [5.74, 6) is -0.195. The summed E-state index contributed by atoms with van der Waals surface area (Å²) in [5.41, 5.74) is 0. The van der Waals surface area contributed by atoms with Crippen LogP contribution in [0, 0.1) is 0 Å². The van der Waals surface area contributed by atoms with E-state index >= 15 is 0 Å². The molecule has 33 heavy (non-hydrogen) atoms. The molecule has 0 unspecified atom stereocenters. The molecular formula is C24H46N6O3. The number of nitrogens with one attached hydrogen (secondary N) is 3. The molecule has 3 N–H and O–H groups in total. The number of carbonyl (C=O) groups is 3. The minimum Gasteiger partial charge on any atom is -0.356 e. The number of rotatable bonds is 21. The van der Waals surface area contributed by atoms with Gasteiger partial charge < -0.3 is 30.7 Å². The zero-order valence-corrected chi connectivity index (χ0v) is 21.0. The van der Waals surface area contributed by atoms with E-state index in [1.54, 1.807) is 0 Å². The summed E-state index contributed by atoms with van der Waals surface area (Å²) in [7, 11) is 6.19. The Labute approximate surface area is 200 Å². The Bertz CT molecular complexity index is 585. The maximum atomic E-state index is 12.0. The van der Waals surface area contributed by atoms with Crippen molar-refractivity contribution in [2.24, 2.45) is 0 Å². The van der Waals surface area contributed by atoms with E-state index in [1.807, 2.05) is 7.05 Å².